The van der Waals surface area contributed by atoms with Gasteiger partial charge in [0.2, 0.25) is 0 Å². The van der Waals surface area contributed by atoms with E-state index in [-0.39, 0.29) is 5.56 Å². The molecule has 0 aliphatic carbocycles. The third-order valence-corrected chi connectivity index (χ3v) is 4.51. The van der Waals surface area contributed by atoms with Gasteiger partial charge in [0.15, 0.2) is 11.5 Å². The summed E-state index contributed by atoms with van der Waals surface area (Å²) in [6.45, 7) is 0.682. The summed E-state index contributed by atoms with van der Waals surface area (Å²) in [5.74, 6) is 1.41. The van der Waals surface area contributed by atoms with Crippen LogP contribution in [0.15, 0.2) is 47.3 Å². The molecule has 1 aliphatic rings. The van der Waals surface area contributed by atoms with Crippen molar-refractivity contribution in [3.05, 3.63) is 58.4 Å². The van der Waals surface area contributed by atoms with Gasteiger partial charge >= 0.3 is 0 Å². The minimum absolute atomic E-state index is 0.0681. The Morgan fingerprint density at radius 1 is 1.00 bits per heavy atom. The standard InChI is InChI=1S/C19H17NO3/c1-22-17-10-13-7-8-20-16(15(13)11-18(17)23-2)9-12-5-3-4-6-14(12)19(20)21/h3-6,9-11H,7-8H2,1-2H3. The van der Waals surface area contributed by atoms with Crippen LogP contribution in [0.1, 0.15) is 5.56 Å². The van der Waals surface area contributed by atoms with Crippen molar-refractivity contribution in [2.24, 2.45) is 0 Å². The van der Waals surface area contributed by atoms with Crippen LogP contribution in [-0.2, 0) is 13.0 Å². The highest BCUT2D eigenvalue weighted by atomic mass is 16.5. The number of ether oxygens (including phenoxy) is 2. The fourth-order valence-corrected chi connectivity index (χ4v) is 3.34. The SMILES string of the molecule is COc1cc2c(cc1OC)-c1cc3ccccc3c(=O)n1CC2. The van der Waals surface area contributed by atoms with Crippen molar-refractivity contribution in [2.45, 2.75) is 13.0 Å². The number of pyridine rings is 1. The zero-order chi connectivity index (χ0) is 16.0. The molecule has 4 rings (SSSR count). The Labute approximate surface area is 133 Å². The van der Waals surface area contributed by atoms with Crippen LogP contribution in [0.25, 0.3) is 22.0 Å². The first-order chi connectivity index (χ1) is 11.2. The molecule has 4 nitrogen and oxygen atoms in total. The summed E-state index contributed by atoms with van der Waals surface area (Å²) in [6, 6.07) is 13.8. The quantitative estimate of drug-likeness (QED) is 0.730. The number of aromatic nitrogens is 1. The molecule has 1 aliphatic heterocycles. The number of benzene rings is 2. The van der Waals surface area contributed by atoms with Crippen LogP contribution in [0.4, 0.5) is 0 Å². The molecule has 1 aromatic heterocycles. The van der Waals surface area contributed by atoms with Gasteiger partial charge in [-0.1, -0.05) is 18.2 Å². The maximum Gasteiger partial charge on any atom is 0.258 e. The second-order valence-corrected chi connectivity index (χ2v) is 5.69. The minimum atomic E-state index is 0.0681. The molecule has 23 heavy (non-hydrogen) atoms. The van der Waals surface area contributed by atoms with Crippen molar-refractivity contribution in [3.8, 4) is 22.8 Å². The normalized spacial score (nSPS) is 12.6. The van der Waals surface area contributed by atoms with E-state index in [0.717, 1.165) is 34.2 Å². The zero-order valence-electron chi connectivity index (χ0n) is 13.1. The smallest absolute Gasteiger partial charge is 0.258 e. The van der Waals surface area contributed by atoms with Crippen LogP contribution in [0.5, 0.6) is 11.5 Å². The topological polar surface area (TPSA) is 40.5 Å². The van der Waals surface area contributed by atoms with E-state index in [0.29, 0.717) is 12.3 Å². The molecule has 0 unspecified atom stereocenters. The van der Waals surface area contributed by atoms with Gasteiger partial charge in [0, 0.05) is 17.5 Å². The summed E-state index contributed by atoms with van der Waals surface area (Å²) < 4.78 is 12.7. The lowest BCUT2D eigenvalue weighted by molar-refractivity contribution is 0.354. The lowest BCUT2D eigenvalue weighted by atomic mass is 9.95. The Hall–Kier alpha value is -2.75. The highest BCUT2D eigenvalue weighted by molar-refractivity contribution is 5.86. The van der Waals surface area contributed by atoms with Crippen molar-refractivity contribution in [1.82, 2.24) is 4.57 Å². The molecule has 0 fully saturated rings. The van der Waals surface area contributed by atoms with E-state index in [2.05, 4.69) is 6.07 Å². The highest BCUT2D eigenvalue weighted by Gasteiger charge is 2.21. The summed E-state index contributed by atoms with van der Waals surface area (Å²) in [7, 11) is 3.26. The van der Waals surface area contributed by atoms with Crippen LogP contribution in [0.3, 0.4) is 0 Å². The van der Waals surface area contributed by atoms with E-state index in [4.69, 9.17) is 9.47 Å². The highest BCUT2D eigenvalue weighted by Crippen LogP contribution is 2.38. The third-order valence-electron chi connectivity index (χ3n) is 4.51. The maximum atomic E-state index is 12.8. The first-order valence-corrected chi connectivity index (χ1v) is 7.61. The van der Waals surface area contributed by atoms with E-state index < -0.39 is 0 Å². The van der Waals surface area contributed by atoms with Gasteiger partial charge in [-0.15, -0.1) is 0 Å². The number of nitrogens with zero attached hydrogens (tertiary/aromatic N) is 1. The van der Waals surface area contributed by atoms with Crippen LogP contribution >= 0.6 is 0 Å². The number of rotatable bonds is 2. The van der Waals surface area contributed by atoms with Gasteiger partial charge in [0.25, 0.3) is 5.56 Å². The summed E-state index contributed by atoms with van der Waals surface area (Å²) in [5, 5.41) is 1.73. The number of hydrogen-bond acceptors (Lipinski definition) is 3. The summed E-state index contributed by atoms with van der Waals surface area (Å²) in [4.78, 5) is 12.8. The summed E-state index contributed by atoms with van der Waals surface area (Å²) >= 11 is 0. The van der Waals surface area contributed by atoms with E-state index in [1.54, 1.807) is 14.2 Å². The van der Waals surface area contributed by atoms with Gasteiger partial charge in [-0.05, 0) is 41.6 Å². The van der Waals surface area contributed by atoms with E-state index in [1.165, 1.54) is 5.56 Å². The van der Waals surface area contributed by atoms with Gasteiger partial charge in [-0.25, -0.2) is 0 Å². The second-order valence-electron chi connectivity index (χ2n) is 5.69. The fraction of sp³-hybridized carbons (Fsp3) is 0.211. The Morgan fingerprint density at radius 3 is 2.52 bits per heavy atom. The van der Waals surface area contributed by atoms with Gasteiger partial charge < -0.3 is 14.0 Å². The first kappa shape index (κ1) is 13.9. The molecule has 0 bridgehead atoms. The summed E-state index contributed by atoms with van der Waals surface area (Å²) in [5.41, 5.74) is 3.23. The first-order valence-electron chi connectivity index (χ1n) is 7.61. The number of methoxy groups -OCH3 is 2. The number of hydrogen-bond donors (Lipinski definition) is 0. The lowest BCUT2D eigenvalue weighted by Gasteiger charge is -2.24. The van der Waals surface area contributed by atoms with Crippen molar-refractivity contribution >= 4 is 10.8 Å². The molecule has 2 heterocycles. The molecule has 0 radical (unpaired) electrons. The molecule has 3 aromatic rings. The average Bonchev–Trinajstić information content (AvgIpc) is 2.60. The van der Waals surface area contributed by atoms with Gasteiger partial charge in [-0.3, -0.25) is 4.79 Å². The zero-order valence-corrected chi connectivity index (χ0v) is 13.1. The van der Waals surface area contributed by atoms with E-state index in [1.807, 2.05) is 41.0 Å². The Kier molecular flexibility index (Phi) is 3.11. The molecule has 2 aromatic carbocycles. The predicted octanol–water partition coefficient (Wildman–Crippen LogP) is 3.24. The maximum absolute atomic E-state index is 12.8. The van der Waals surface area contributed by atoms with Crippen LogP contribution in [0.2, 0.25) is 0 Å². The average molecular weight is 307 g/mol. The van der Waals surface area contributed by atoms with Crippen LogP contribution < -0.4 is 15.0 Å². The molecule has 4 heteroatoms. The molecule has 116 valence electrons. The van der Waals surface area contributed by atoms with Crippen LogP contribution in [-0.4, -0.2) is 18.8 Å². The van der Waals surface area contributed by atoms with Crippen molar-refractivity contribution in [3.63, 3.8) is 0 Å². The van der Waals surface area contributed by atoms with E-state index >= 15 is 0 Å². The van der Waals surface area contributed by atoms with E-state index in [9.17, 15) is 4.79 Å². The van der Waals surface area contributed by atoms with Crippen LogP contribution in [0, 0.1) is 0 Å². The minimum Gasteiger partial charge on any atom is -0.493 e. The molecular formula is C19H17NO3. The van der Waals surface area contributed by atoms with Crippen molar-refractivity contribution < 1.29 is 9.47 Å². The number of aryl methyl sites for hydroxylation is 1. The largest absolute Gasteiger partial charge is 0.493 e. The Balaban J connectivity index is 2.04. The number of fused-ring (bicyclic) bond motifs is 4. The second kappa shape index (κ2) is 5.16. The molecule has 0 N–H and O–H groups in total. The van der Waals surface area contributed by atoms with Crippen molar-refractivity contribution in [1.29, 1.82) is 0 Å². The Bertz CT molecular complexity index is 972. The van der Waals surface area contributed by atoms with Gasteiger partial charge in [0.1, 0.15) is 0 Å². The van der Waals surface area contributed by atoms with Crippen molar-refractivity contribution in [2.75, 3.05) is 14.2 Å². The summed E-state index contributed by atoms with van der Waals surface area (Å²) in [6.07, 6.45) is 0.806. The molecular weight excluding hydrogens is 290 g/mol. The molecule has 0 atom stereocenters. The lowest BCUT2D eigenvalue weighted by Crippen LogP contribution is -2.26. The fourth-order valence-electron chi connectivity index (χ4n) is 3.34. The predicted molar refractivity (Wildman–Crippen MR) is 90.5 cm³/mol. The van der Waals surface area contributed by atoms with Gasteiger partial charge in [-0.2, -0.15) is 0 Å². The monoisotopic (exact) mass is 307 g/mol. The Morgan fingerprint density at radius 2 is 1.74 bits per heavy atom. The van der Waals surface area contributed by atoms with Gasteiger partial charge in [0.05, 0.1) is 19.9 Å². The third kappa shape index (κ3) is 2.02. The molecule has 0 amide bonds. The molecule has 0 spiro atoms. The molecule has 0 saturated carbocycles. The molecule has 0 saturated heterocycles.